The molecule has 6 heteroatoms. The predicted octanol–water partition coefficient (Wildman–Crippen LogP) is 3.62. The molecule has 2 aliphatic rings. The number of benzene rings is 2. The van der Waals surface area contributed by atoms with E-state index in [4.69, 9.17) is 11.6 Å². The van der Waals surface area contributed by atoms with Gasteiger partial charge in [0.2, 0.25) is 5.91 Å². The van der Waals surface area contributed by atoms with E-state index in [1.165, 1.54) is 6.07 Å². The molecule has 2 aromatic carbocycles. The second-order valence-electron chi connectivity index (χ2n) is 7.61. The van der Waals surface area contributed by atoms with E-state index in [1.807, 2.05) is 30.3 Å². The summed E-state index contributed by atoms with van der Waals surface area (Å²) in [4.78, 5) is 17.3. The lowest BCUT2D eigenvalue weighted by molar-refractivity contribution is -0.127. The first kappa shape index (κ1) is 19.4. The Kier molecular flexibility index (Phi) is 5.95. The topological polar surface area (TPSA) is 35.6 Å². The zero-order valence-corrected chi connectivity index (χ0v) is 16.5. The smallest absolute Gasteiger partial charge is 0.242 e. The molecule has 1 amide bonds. The van der Waals surface area contributed by atoms with Gasteiger partial charge in [0.05, 0.1) is 0 Å². The molecular weight excluding hydrogens is 377 g/mol. The molecule has 4 nitrogen and oxygen atoms in total. The van der Waals surface area contributed by atoms with Crippen LogP contribution in [0.25, 0.3) is 0 Å². The van der Waals surface area contributed by atoms with Crippen LogP contribution in [-0.2, 0) is 11.3 Å². The highest BCUT2D eigenvalue weighted by Crippen LogP contribution is 2.27. The fourth-order valence-electron chi connectivity index (χ4n) is 3.76. The maximum absolute atomic E-state index is 14.1. The van der Waals surface area contributed by atoms with E-state index in [0.29, 0.717) is 23.2 Å². The Balaban J connectivity index is 1.43. The van der Waals surface area contributed by atoms with Crippen LogP contribution in [0.3, 0.4) is 0 Å². The Labute approximate surface area is 170 Å². The standard InChI is InChI=1S/C22H25ClFN3O/c23-19-7-4-8-20(24)18(19)15-26-11-13-27(14-12-26)21(16-5-2-1-3-6-16)22(28)25-17-9-10-17/h1-8,17,21H,9-15H2,(H,25,28)/t21-/m1/s1. The Morgan fingerprint density at radius 3 is 2.43 bits per heavy atom. The third-order valence-corrected chi connectivity index (χ3v) is 5.86. The van der Waals surface area contributed by atoms with Crippen molar-refractivity contribution in [2.45, 2.75) is 31.5 Å². The van der Waals surface area contributed by atoms with Crippen LogP contribution in [0.2, 0.25) is 5.02 Å². The van der Waals surface area contributed by atoms with E-state index in [0.717, 1.165) is 44.6 Å². The third-order valence-electron chi connectivity index (χ3n) is 5.50. The zero-order chi connectivity index (χ0) is 19.5. The van der Waals surface area contributed by atoms with E-state index in [1.54, 1.807) is 12.1 Å². The van der Waals surface area contributed by atoms with Gasteiger partial charge in [0.15, 0.2) is 0 Å². The highest BCUT2D eigenvalue weighted by molar-refractivity contribution is 6.31. The van der Waals surface area contributed by atoms with Crippen LogP contribution < -0.4 is 5.32 Å². The first-order valence-corrected chi connectivity index (χ1v) is 10.2. The number of carbonyl (C=O) groups is 1. The summed E-state index contributed by atoms with van der Waals surface area (Å²) in [6.07, 6.45) is 2.15. The van der Waals surface area contributed by atoms with Crippen LogP contribution in [0, 0.1) is 5.82 Å². The monoisotopic (exact) mass is 401 g/mol. The molecule has 1 saturated carbocycles. The summed E-state index contributed by atoms with van der Waals surface area (Å²) in [5.74, 6) is -0.180. The van der Waals surface area contributed by atoms with Crippen LogP contribution in [0.15, 0.2) is 48.5 Å². The number of amides is 1. The predicted molar refractivity (Wildman–Crippen MR) is 109 cm³/mol. The van der Waals surface area contributed by atoms with Gasteiger partial charge >= 0.3 is 0 Å². The normalized spacial score (nSPS) is 19.4. The molecule has 28 heavy (non-hydrogen) atoms. The van der Waals surface area contributed by atoms with Crippen LogP contribution in [0.5, 0.6) is 0 Å². The lowest BCUT2D eigenvalue weighted by Crippen LogP contribution is -2.51. The molecule has 1 saturated heterocycles. The van der Waals surface area contributed by atoms with Crippen molar-refractivity contribution < 1.29 is 9.18 Å². The molecule has 2 aromatic rings. The summed E-state index contributed by atoms with van der Waals surface area (Å²) >= 11 is 6.17. The second kappa shape index (κ2) is 8.60. The van der Waals surface area contributed by atoms with Crippen molar-refractivity contribution in [1.82, 2.24) is 15.1 Å². The quantitative estimate of drug-likeness (QED) is 0.803. The molecule has 4 rings (SSSR count). The van der Waals surface area contributed by atoms with E-state index in [9.17, 15) is 9.18 Å². The summed E-state index contributed by atoms with van der Waals surface area (Å²) in [6, 6.07) is 14.8. The molecule has 1 atom stereocenters. The van der Waals surface area contributed by atoms with Crippen molar-refractivity contribution >= 4 is 17.5 Å². The number of hydrogen-bond acceptors (Lipinski definition) is 3. The van der Waals surface area contributed by atoms with E-state index in [-0.39, 0.29) is 17.8 Å². The van der Waals surface area contributed by atoms with Crippen molar-refractivity contribution in [2.24, 2.45) is 0 Å². The number of hydrogen-bond donors (Lipinski definition) is 1. The van der Waals surface area contributed by atoms with Crippen LogP contribution in [0.1, 0.15) is 30.0 Å². The minimum absolute atomic E-state index is 0.0827. The number of halogens is 2. The van der Waals surface area contributed by atoms with Gasteiger partial charge in [0.25, 0.3) is 0 Å². The van der Waals surface area contributed by atoms with Gasteiger partial charge in [0.1, 0.15) is 11.9 Å². The highest BCUT2D eigenvalue weighted by Gasteiger charge is 2.33. The van der Waals surface area contributed by atoms with Crippen molar-refractivity contribution in [3.05, 3.63) is 70.5 Å². The largest absolute Gasteiger partial charge is 0.352 e. The molecular formula is C22H25ClFN3O. The minimum Gasteiger partial charge on any atom is -0.352 e. The maximum atomic E-state index is 14.1. The molecule has 0 radical (unpaired) electrons. The average Bonchev–Trinajstić information content (AvgIpc) is 3.51. The summed E-state index contributed by atoms with van der Waals surface area (Å²) in [5.41, 5.74) is 1.56. The number of piperazine rings is 1. The van der Waals surface area contributed by atoms with E-state index in [2.05, 4.69) is 15.1 Å². The molecule has 1 aliphatic carbocycles. The SMILES string of the molecule is O=C(NC1CC1)[C@@H](c1ccccc1)N1CCN(Cc2c(F)cccc2Cl)CC1. The van der Waals surface area contributed by atoms with Gasteiger partial charge in [-0.2, -0.15) is 0 Å². The first-order chi connectivity index (χ1) is 13.6. The molecule has 1 aliphatic heterocycles. The van der Waals surface area contributed by atoms with E-state index < -0.39 is 0 Å². The van der Waals surface area contributed by atoms with Gasteiger partial charge in [-0.3, -0.25) is 14.6 Å². The number of rotatable bonds is 6. The number of nitrogens with zero attached hydrogens (tertiary/aromatic N) is 2. The molecule has 1 heterocycles. The molecule has 148 valence electrons. The zero-order valence-electron chi connectivity index (χ0n) is 15.8. The molecule has 0 aromatic heterocycles. The lowest BCUT2D eigenvalue weighted by Gasteiger charge is -2.39. The van der Waals surface area contributed by atoms with Gasteiger partial charge in [-0.25, -0.2) is 4.39 Å². The Morgan fingerprint density at radius 2 is 1.79 bits per heavy atom. The van der Waals surface area contributed by atoms with Crippen LogP contribution >= 0.6 is 11.6 Å². The molecule has 2 fully saturated rings. The molecule has 0 bridgehead atoms. The highest BCUT2D eigenvalue weighted by atomic mass is 35.5. The average molecular weight is 402 g/mol. The Hall–Kier alpha value is -1.95. The molecule has 0 unspecified atom stereocenters. The summed E-state index contributed by atoms with van der Waals surface area (Å²) in [6.45, 7) is 3.53. The number of nitrogens with one attached hydrogen (secondary N) is 1. The van der Waals surface area contributed by atoms with Crippen molar-refractivity contribution in [2.75, 3.05) is 26.2 Å². The minimum atomic E-state index is -0.277. The second-order valence-corrected chi connectivity index (χ2v) is 8.02. The maximum Gasteiger partial charge on any atom is 0.242 e. The molecule has 1 N–H and O–H groups in total. The van der Waals surface area contributed by atoms with Gasteiger partial charge in [-0.05, 0) is 30.5 Å². The summed E-state index contributed by atoms with van der Waals surface area (Å²) < 4.78 is 14.1. The van der Waals surface area contributed by atoms with E-state index >= 15 is 0 Å². The van der Waals surface area contributed by atoms with Crippen molar-refractivity contribution in [3.8, 4) is 0 Å². The number of carbonyl (C=O) groups excluding carboxylic acids is 1. The summed E-state index contributed by atoms with van der Waals surface area (Å²) in [5, 5.41) is 3.62. The fraction of sp³-hybridized carbons (Fsp3) is 0.409. The van der Waals surface area contributed by atoms with Crippen molar-refractivity contribution in [3.63, 3.8) is 0 Å². The van der Waals surface area contributed by atoms with Gasteiger partial charge in [0, 0.05) is 49.4 Å². The Bertz CT molecular complexity index is 800. The summed E-state index contributed by atoms with van der Waals surface area (Å²) in [7, 11) is 0. The first-order valence-electron chi connectivity index (χ1n) is 9.86. The molecule has 0 spiro atoms. The van der Waals surface area contributed by atoms with Gasteiger partial charge < -0.3 is 5.32 Å². The lowest BCUT2D eigenvalue weighted by atomic mass is 10.0. The third kappa shape index (κ3) is 4.54. The van der Waals surface area contributed by atoms with Crippen LogP contribution in [0.4, 0.5) is 4.39 Å². The fourth-order valence-corrected chi connectivity index (χ4v) is 3.98. The van der Waals surface area contributed by atoms with Gasteiger partial charge in [-0.1, -0.05) is 48.0 Å². The van der Waals surface area contributed by atoms with Crippen molar-refractivity contribution in [1.29, 1.82) is 0 Å². The Morgan fingerprint density at radius 1 is 1.07 bits per heavy atom. The van der Waals surface area contributed by atoms with Gasteiger partial charge in [-0.15, -0.1) is 0 Å². The van der Waals surface area contributed by atoms with Crippen LogP contribution in [-0.4, -0.2) is 47.9 Å².